The lowest BCUT2D eigenvalue weighted by atomic mass is 10.2. The molecule has 2 rings (SSSR count). The summed E-state index contributed by atoms with van der Waals surface area (Å²) in [6, 6.07) is 10.3. The normalized spacial score (nSPS) is 11.1. The number of aromatic carboxylic acids is 1. The smallest absolute Gasteiger partial charge is 0.339 e. The maximum Gasteiger partial charge on any atom is 0.339 e. The van der Waals surface area contributed by atoms with E-state index in [0.717, 1.165) is 0 Å². The molecule has 0 aliphatic carbocycles. The van der Waals surface area contributed by atoms with E-state index in [4.69, 9.17) is 15.8 Å². The summed E-state index contributed by atoms with van der Waals surface area (Å²) in [5.74, 6) is -1.35. The highest BCUT2D eigenvalue weighted by Gasteiger charge is 2.16. The molecule has 7 heteroatoms. The van der Waals surface area contributed by atoms with Gasteiger partial charge in [0.1, 0.15) is 10.6 Å². The summed E-state index contributed by atoms with van der Waals surface area (Å²) in [6.07, 6.45) is 0. The van der Waals surface area contributed by atoms with Crippen molar-refractivity contribution in [1.29, 1.82) is 0 Å². The molecule has 0 N–H and O–H groups in total. The van der Waals surface area contributed by atoms with Crippen LogP contribution in [0.3, 0.4) is 0 Å². The average Bonchev–Trinajstić information content (AvgIpc) is 2.39. The molecule has 0 unspecified atom stereocenters. The number of hydrogen-bond donors (Lipinski definition) is 0. The highest BCUT2D eigenvalue weighted by molar-refractivity contribution is 7.87. The highest BCUT2D eigenvalue weighted by Crippen LogP contribution is 2.20. The van der Waals surface area contributed by atoms with Crippen molar-refractivity contribution < 1.29 is 22.5 Å². The van der Waals surface area contributed by atoms with Gasteiger partial charge < -0.3 is 14.1 Å². The first kappa shape index (κ1) is 14.4. The topological polar surface area (TPSA) is 83.5 Å². The molecule has 0 atom stereocenters. The third-order valence-electron chi connectivity index (χ3n) is 2.40. The van der Waals surface area contributed by atoms with Gasteiger partial charge in [-0.3, -0.25) is 0 Å². The second-order valence-electron chi connectivity index (χ2n) is 3.80. The van der Waals surface area contributed by atoms with Gasteiger partial charge in [0, 0.05) is 5.02 Å². The Balaban J connectivity index is 2.24. The standard InChI is InChI=1S/C13H9ClO5S/c14-10-3-7-12(8-4-10)20(17,18)19-11-5-1-9(2-6-11)13(15)16/h1-8H,(H,15,16)/p-1. The van der Waals surface area contributed by atoms with Crippen LogP contribution in [0.15, 0.2) is 53.4 Å². The van der Waals surface area contributed by atoms with Crippen LogP contribution in [0.2, 0.25) is 5.02 Å². The summed E-state index contributed by atoms with van der Waals surface area (Å²) < 4.78 is 28.8. The molecular formula is C13H8ClO5S-. The van der Waals surface area contributed by atoms with E-state index in [2.05, 4.69) is 0 Å². The van der Waals surface area contributed by atoms with E-state index in [0.29, 0.717) is 5.02 Å². The Labute approximate surface area is 120 Å². The Morgan fingerprint density at radius 1 is 1.00 bits per heavy atom. The van der Waals surface area contributed by atoms with Gasteiger partial charge >= 0.3 is 10.1 Å². The molecule has 104 valence electrons. The molecule has 0 saturated carbocycles. The van der Waals surface area contributed by atoms with Crippen molar-refractivity contribution in [1.82, 2.24) is 0 Å². The largest absolute Gasteiger partial charge is 0.545 e. The predicted molar refractivity (Wildman–Crippen MR) is 70.0 cm³/mol. The van der Waals surface area contributed by atoms with E-state index in [1.54, 1.807) is 0 Å². The summed E-state index contributed by atoms with van der Waals surface area (Å²) in [6.45, 7) is 0. The zero-order valence-electron chi connectivity index (χ0n) is 9.95. The minimum atomic E-state index is -3.98. The number of halogens is 1. The van der Waals surface area contributed by atoms with E-state index in [1.165, 1.54) is 48.5 Å². The SMILES string of the molecule is O=C([O-])c1ccc(OS(=O)(=O)c2ccc(Cl)cc2)cc1. The molecule has 0 saturated heterocycles. The van der Waals surface area contributed by atoms with Crippen molar-refractivity contribution in [3.8, 4) is 5.75 Å². The molecule has 2 aromatic rings. The molecule has 0 aliphatic rings. The number of carbonyl (C=O) groups excluding carboxylic acids is 1. The lowest BCUT2D eigenvalue weighted by molar-refractivity contribution is -0.255. The molecular weight excluding hydrogens is 304 g/mol. The second kappa shape index (κ2) is 5.52. The van der Waals surface area contributed by atoms with Gasteiger partial charge in [0.15, 0.2) is 0 Å². The first-order chi connectivity index (χ1) is 9.38. The third-order valence-corrected chi connectivity index (χ3v) is 3.91. The van der Waals surface area contributed by atoms with Gasteiger partial charge in [-0.15, -0.1) is 0 Å². The number of rotatable bonds is 4. The number of benzene rings is 2. The van der Waals surface area contributed by atoms with Crippen molar-refractivity contribution in [2.24, 2.45) is 0 Å². The highest BCUT2D eigenvalue weighted by atomic mass is 35.5. The van der Waals surface area contributed by atoms with E-state index >= 15 is 0 Å². The Bertz CT molecular complexity index is 720. The average molecular weight is 312 g/mol. The molecule has 0 heterocycles. The predicted octanol–water partition coefficient (Wildman–Crippen LogP) is 1.47. The first-order valence-electron chi connectivity index (χ1n) is 5.40. The zero-order valence-corrected chi connectivity index (χ0v) is 11.5. The van der Waals surface area contributed by atoms with Crippen molar-refractivity contribution in [2.75, 3.05) is 0 Å². The van der Waals surface area contributed by atoms with Gasteiger partial charge in [0.05, 0.1) is 5.97 Å². The molecule has 0 radical (unpaired) electrons. The molecule has 0 aromatic heterocycles. The van der Waals surface area contributed by atoms with Crippen LogP contribution in [-0.2, 0) is 10.1 Å². The number of carboxylic acid groups (broad SMARTS) is 1. The van der Waals surface area contributed by atoms with Crippen LogP contribution in [0.4, 0.5) is 0 Å². The Kier molecular flexibility index (Phi) is 3.96. The Morgan fingerprint density at radius 3 is 2.05 bits per heavy atom. The lowest BCUT2D eigenvalue weighted by Crippen LogP contribution is -2.22. The fourth-order valence-corrected chi connectivity index (χ4v) is 2.48. The van der Waals surface area contributed by atoms with Gasteiger partial charge in [0.2, 0.25) is 0 Å². The summed E-state index contributed by atoms with van der Waals surface area (Å²) in [7, 11) is -3.98. The number of hydrogen-bond acceptors (Lipinski definition) is 5. The van der Waals surface area contributed by atoms with Crippen LogP contribution in [0, 0.1) is 0 Å². The number of carboxylic acids is 1. The lowest BCUT2D eigenvalue weighted by Gasteiger charge is -2.08. The van der Waals surface area contributed by atoms with Crippen LogP contribution < -0.4 is 9.29 Å². The fraction of sp³-hybridized carbons (Fsp3) is 0. The van der Waals surface area contributed by atoms with Crippen LogP contribution in [0.5, 0.6) is 5.75 Å². The van der Waals surface area contributed by atoms with Crippen LogP contribution in [0.25, 0.3) is 0 Å². The maximum absolute atomic E-state index is 11.9. The molecule has 2 aromatic carbocycles. The minimum absolute atomic E-state index is 0.00458. The number of carbonyl (C=O) groups is 1. The second-order valence-corrected chi connectivity index (χ2v) is 5.79. The van der Waals surface area contributed by atoms with E-state index in [1.807, 2.05) is 0 Å². The Hall–Kier alpha value is -2.05. The quantitative estimate of drug-likeness (QED) is 0.798. The van der Waals surface area contributed by atoms with E-state index < -0.39 is 16.1 Å². The van der Waals surface area contributed by atoms with E-state index in [9.17, 15) is 18.3 Å². The monoisotopic (exact) mass is 311 g/mol. The fourth-order valence-electron chi connectivity index (χ4n) is 1.42. The summed E-state index contributed by atoms with van der Waals surface area (Å²) in [4.78, 5) is 10.5. The van der Waals surface area contributed by atoms with Gasteiger partial charge in [0.25, 0.3) is 0 Å². The van der Waals surface area contributed by atoms with Gasteiger partial charge in [-0.1, -0.05) is 11.6 Å². The van der Waals surface area contributed by atoms with Crippen molar-refractivity contribution in [3.63, 3.8) is 0 Å². The maximum atomic E-state index is 11.9. The molecule has 0 bridgehead atoms. The first-order valence-corrected chi connectivity index (χ1v) is 7.18. The summed E-state index contributed by atoms with van der Waals surface area (Å²) in [5.41, 5.74) is -0.0683. The van der Waals surface area contributed by atoms with Crippen LogP contribution >= 0.6 is 11.6 Å². The molecule has 0 fully saturated rings. The minimum Gasteiger partial charge on any atom is -0.545 e. The van der Waals surface area contributed by atoms with Gasteiger partial charge in [-0.25, -0.2) is 0 Å². The third kappa shape index (κ3) is 3.28. The van der Waals surface area contributed by atoms with Crippen molar-refractivity contribution >= 4 is 27.7 Å². The van der Waals surface area contributed by atoms with Crippen molar-refractivity contribution in [3.05, 3.63) is 59.1 Å². The van der Waals surface area contributed by atoms with Crippen molar-refractivity contribution in [2.45, 2.75) is 4.90 Å². The molecule has 0 amide bonds. The molecule has 0 spiro atoms. The van der Waals surface area contributed by atoms with Crippen LogP contribution in [-0.4, -0.2) is 14.4 Å². The van der Waals surface area contributed by atoms with Crippen LogP contribution in [0.1, 0.15) is 10.4 Å². The van der Waals surface area contributed by atoms with Gasteiger partial charge in [-0.2, -0.15) is 8.42 Å². The van der Waals surface area contributed by atoms with Gasteiger partial charge in [-0.05, 0) is 54.1 Å². The van der Waals surface area contributed by atoms with E-state index in [-0.39, 0.29) is 16.2 Å². The summed E-state index contributed by atoms with van der Waals surface area (Å²) in [5, 5.41) is 11.0. The molecule has 20 heavy (non-hydrogen) atoms. The Morgan fingerprint density at radius 2 is 1.55 bits per heavy atom. The summed E-state index contributed by atoms with van der Waals surface area (Å²) >= 11 is 5.67. The molecule has 0 aliphatic heterocycles. The zero-order chi connectivity index (χ0) is 14.8. The molecule has 5 nitrogen and oxygen atoms in total.